The number of thioether (sulfide) groups is 1. The summed E-state index contributed by atoms with van der Waals surface area (Å²) >= 11 is 3.36. The number of rotatable bonds is 7. The Morgan fingerprint density at radius 1 is 1.33 bits per heavy atom. The Morgan fingerprint density at radius 2 is 2.10 bits per heavy atom. The molecular formula is C16H19NO2S2. The van der Waals surface area contributed by atoms with E-state index in [4.69, 9.17) is 4.74 Å². The zero-order valence-electron chi connectivity index (χ0n) is 12.2. The minimum atomic E-state index is -0.428. The van der Waals surface area contributed by atoms with Gasteiger partial charge in [-0.05, 0) is 42.3 Å². The van der Waals surface area contributed by atoms with Crippen molar-refractivity contribution in [2.75, 3.05) is 12.9 Å². The molecule has 112 valence electrons. The molecule has 0 fully saturated rings. The van der Waals surface area contributed by atoms with Crippen molar-refractivity contribution in [3.8, 4) is 0 Å². The minimum absolute atomic E-state index is 0.231. The second-order valence-electron chi connectivity index (χ2n) is 4.42. The van der Waals surface area contributed by atoms with Crippen molar-refractivity contribution in [3.63, 3.8) is 0 Å². The van der Waals surface area contributed by atoms with Gasteiger partial charge in [-0.25, -0.2) is 4.79 Å². The first kappa shape index (κ1) is 16.1. The monoisotopic (exact) mass is 321 g/mol. The maximum Gasteiger partial charge on any atom is 0.327 e. The van der Waals surface area contributed by atoms with E-state index in [2.05, 4.69) is 11.4 Å². The average Bonchev–Trinajstić information content (AvgIpc) is 3.02. The Bertz CT molecular complexity index is 552. The third-order valence-corrected chi connectivity index (χ3v) is 4.65. The van der Waals surface area contributed by atoms with Crippen LogP contribution in [0.3, 0.4) is 0 Å². The van der Waals surface area contributed by atoms with Crippen molar-refractivity contribution in [2.45, 2.75) is 24.4 Å². The normalized spacial score (nSPS) is 12.1. The van der Waals surface area contributed by atoms with Crippen LogP contribution in [0.15, 0.2) is 46.7 Å². The first-order valence-electron chi connectivity index (χ1n) is 6.81. The quantitative estimate of drug-likeness (QED) is 0.621. The molecule has 1 aromatic heterocycles. The second-order valence-corrected chi connectivity index (χ2v) is 6.33. The first-order chi connectivity index (χ1) is 10.2. The van der Waals surface area contributed by atoms with Gasteiger partial charge in [0.1, 0.15) is 6.04 Å². The molecule has 1 aromatic carbocycles. The fourth-order valence-corrected chi connectivity index (χ4v) is 3.04. The van der Waals surface area contributed by atoms with Gasteiger partial charge in [0.2, 0.25) is 0 Å². The van der Waals surface area contributed by atoms with Crippen LogP contribution in [0.2, 0.25) is 0 Å². The number of nitrogens with one attached hydrogen (secondary N) is 1. The van der Waals surface area contributed by atoms with Gasteiger partial charge in [-0.15, -0.1) is 23.1 Å². The van der Waals surface area contributed by atoms with Gasteiger partial charge in [-0.1, -0.05) is 18.2 Å². The Labute approximate surface area is 133 Å². The Morgan fingerprint density at radius 3 is 2.67 bits per heavy atom. The van der Waals surface area contributed by atoms with Crippen molar-refractivity contribution in [1.82, 2.24) is 5.32 Å². The lowest BCUT2D eigenvalue weighted by atomic mass is 10.1. The molecule has 0 spiro atoms. The molecule has 5 heteroatoms. The fourth-order valence-electron chi connectivity index (χ4n) is 1.98. The maximum absolute atomic E-state index is 12.2. The summed E-state index contributed by atoms with van der Waals surface area (Å²) < 4.78 is 5.18. The van der Waals surface area contributed by atoms with E-state index in [9.17, 15) is 4.79 Å². The predicted molar refractivity (Wildman–Crippen MR) is 88.8 cm³/mol. The summed E-state index contributed by atoms with van der Waals surface area (Å²) in [5.74, 6) is -0.231. The molecule has 0 aliphatic carbocycles. The summed E-state index contributed by atoms with van der Waals surface area (Å²) in [5, 5.41) is 5.32. The van der Waals surface area contributed by atoms with Gasteiger partial charge >= 0.3 is 5.97 Å². The van der Waals surface area contributed by atoms with Crippen molar-refractivity contribution >= 4 is 29.1 Å². The van der Waals surface area contributed by atoms with E-state index < -0.39 is 6.04 Å². The third kappa shape index (κ3) is 4.59. The minimum Gasteiger partial charge on any atom is -0.465 e. The van der Waals surface area contributed by atoms with Crippen LogP contribution in [0.1, 0.15) is 23.4 Å². The van der Waals surface area contributed by atoms with Gasteiger partial charge in [0.25, 0.3) is 0 Å². The highest BCUT2D eigenvalue weighted by atomic mass is 32.2. The van der Waals surface area contributed by atoms with E-state index in [1.165, 1.54) is 9.77 Å². The molecule has 0 amide bonds. The van der Waals surface area contributed by atoms with Gasteiger partial charge in [0, 0.05) is 16.3 Å². The van der Waals surface area contributed by atoms with E-state index in [-0.39, 0.29) is 5.97 Å². The number of carbonyl (C=O) groups is 1. The Kier molecular flexibility index (Phi) is 6.29. The predicted octanol–water partition coefficient (Wildman–Crippen LogP) is 3.86. The molecule has 0 aliphatic heterocycles. The topological polar surface area (TPSA) is 38.3 Å². The van der Waals surface area contributed by atoms with Crippen LogP contribution in [0.5, 0.6) is 0 Å². The molecule has 2 aromatic rings. The lowest BCUT2D eigenvalue weighted by Crippen LogP contribution is -2.29. The third-order valence-electron chi connectivity index (χ3n) is 3.03. The number of carbonyl (C=O) groups excluding carboxylic acids is 1. The van der Waals surface area contributed by atoms with Gasteiger partial charge in [-0.3, -0.25) is 5.32 Å². The van der Waals surface area contributed by atoms with Gasteiger partial charge in [0.05, 0.1) is 6.61 Å². The summed E-state index contributed by atoms with van der Waals surface area (Å²) in [5.41, 5.74) is 0.933. The van der Waals surface area contributed by atoms with E-state index in [0.29, 0.717) is 13.2 Å². The lowest BCUT2D eigenvalue weighted by Gasteiger charge is -2.17. The second kappa shape index (κ2) is 8.22. The van der Waals surface area contributed by atoms with E-state index in [1.807, 2.05) is 48.9 Å². The molecular weight excluding hydrogens is 302 g/mol. The fraction of sp³-hybridized carbons (Fsp3) is 0.312. The Hall–Kier alpha value is -1.30. The maximum atomic E-state index is 12.2. The highest BCUT2D eigenvalue weighted by molar-refractivity contribution is 7.98. The van der Waals surface area contributed by atoms with Crippen molar-refractivity contribution in [2.24, 2.45) is 0 Å². The smallest absolute Gasteiger partial charge is 0.327 e. The molecule has 0 aliphatic rings. The summed E-state index contributed by atoms with van der Waals surface area (Å²) in [4.78, 5) is 14.6. The summed E-state index contributed by atoms with van der Waals surface area (Å²) in [7, 11) is 0. The molecule has 1 atom stereocenters. The molecule has 21 heavy (non-hydrogen) atoms. The van der Waals surface area contributed by atoms with Crippen LogP contribution < -0.4 is 5.32 Å². The van der Waals surface area contributed by atoms with Crippen molar-refractivity contribution < 1.29 is 9.53 Å². The number of hydrogen-bond acceptors (Lipinski definition) is 5. The SMILES string of the molecule is CCOC(=O)C(NCc1cccs1)c1ccc(SC)cc1. The van der Waals surface area contributed by atoms with Crippen LogP contribution in [0.4, 0.5) is 0 Å². The van der Waals surface area contributed by atoms with Gasteiger partial charge < -0.3 is 4.74 Å². The van der Waals surface area contributed by atoms with E-state index in [1.54, 1.807) is 23.1 Å². The summed E-state index contributed by atoms with van der Waals surface area (Å²) in [6.45, 7) is 2.87. The molecule has 0 saturated heterocycles. The molecule has 0 bridgehead atoms. The first-order valence-corrected chi connectivity index (χ1v) is 8.91. The molecule has 3 nitrogen and oxygen atoms in total. The molecule has 1 N–H and O–H groups in total. The molecule has 2 rings (SSSR count). The summed E-state index contributed by atoms with van der Waals surface area (Å²) in [6.07, 6.45) is 2.03. The van der Waals surface area contributed by atoms with Crippen LogP contribution >= 0.6 is 23.1 Å². The zero-order chi connectivity index (χ0) is 15.1. The average molecular weight is 321 g/mol. The Balaban J connectivity index is 2.11. The van der Waals surface area contributed by atoms with Crippen LogP contribution in [0.25, 0.3) is 0 Å². The molecule has 0 saturated carbocycles. The van der Waals surface area contributed by atoms with Gasteiger partial charge in [0.15, 0.2) is 0 Å². The summed E-state index contributed by atoms with van der Waals surface area (Å²) in [6, 6.07) is 11.6. The zero-order valence-corrected chi connectivity index (χ0v) is 13.8. The van der Waals surface area contributed by atoms with Crippen molar-refractivity contribution in [3.05, 3.63) is 52.2 Å². The number of thiophene rings is 1. The molecule has 1 heterocycles. The van der Waals surface area contributed by atoms with Crippen LogP contribution in [0, 0.1) is 0 Å². The highest BCUT2D eigenvalue weighted by Gasteiger charge is 2.21. The van der Waals surface area contributed by atoms with E-state index in [0.717, 1.165) is 5.56 Å². The standard InChI is InChI=1S/C16H19NO2S2/c1-3-19-16(18)15(17-11-14-5-4-10-21-14)12-6-8-13(20-2)9-7-12/h4-10,15,17H,3,11H2,1-2H3. The van der Waals surface area contributed by atoms with E-state index >= 15 is 0 Å². The number of esters is 1. The van der Waals surface area contributed by atoms with Crippen LogP contribution in [-0.4, -0.2) is 18.8 Å². The van der Waals surface area contributed by atoms with Crippen molar-refractivity contribution in [1.29, 1.82) is 0 Å². The molecule has 1 unspecified atom stereocenters. The number of benzene rings is 1. The number of ether oxygens (including phenoxy) is 1. The largest absolute Gasteiger partial charge is 0.465 e. The molecule has 0 radical (unpaired) electrons. The number of hydrogen-bond donors (Lipinski definition) is 1. The van der Waals surface area contributed by atoms with Gasteiger partial charge in [-0.2, -0.15) is 0 Å². The highest BCUT2D eigenvalue weighted by Crippen LogP contribution is 2.21. The van der Waals surface area contributed by atoms with Crippen LogP contribution in [-0.2, 0) is 16.1 Å². The lowest BCUT2D eigenvalue weighted by molar-refractivity contribution is -0.145.